The van der Waals surface area contributed by atoms with E-state index in [1.165, 1.54) is 11.3 Å². The van der Waals surface area contributed by atoms with Crippen LogP contribution in [0.3, 0.4) is 0 Å². The van der Waals surface area contributed by atoms with Gasteiger partial charge in [0.15, 0.2) is 0 Å². The number of rotatable bonds is 6. The summed E-state index contributed by atoms with van der Waals surface area (Å²) in [6.45, 7) is 1.04. The van der Waals surface area contributed by atoms with Gasteiger partial charge in [0, 0.05) is 39.3 Å². The quantitative estimate of drug-likeness (QED) is 0.765. The molecule has 0 fully saturated rings. The summed E-state index contributed by atoms with van der Waals surface area (Å²) in [6.07, 6.45) is 1.28. The van der Waals surface area contributed by atoms with E-state index in [-0.39, 0.29) is 5.91 Å². The third kappa shape index (κ3) is 4.87. The maximum Gasteiger partial charge on any atom is 0.220 e. The molecule has 0 saturated heterocycles. The predicted octanol–water partition coefficient (Wildman–Crippen LogP) is 0.760. The van der Waals surface area contributed by atoms with E-state index < -0.39 is 0 Å². The number of nitrogens with two attached hydrogens (primary N) is 1. The number of benzene rings is 1. The highest BCUT2D eigenvalue weighted by Gasteiger charge is 2.01. The van der Waals surface area contributed by atoms with Crippen LogP contribution in [0.5, 0.6) is 0 Å². The Hall–Kier alpha value is -1.55. The molecule has 0 atom stereocenters. The summed E-state index contributed by atoms with van der Waals surface area (Å²) in [5, 5.41) is 2.76. The minimum Gasteiger partial charge on any atom is -0.378 e. The zero-order chi connectivity index (χ0) is 12.7. The maximum atomic E-state index is 11.4. The number of anilines is 1. The Balaban J connectivity index is 2.39. The first-order valence-electron chi connectivity index (χ1n) is 5.86. The molecule has 1 rings (SSSR count). The molecule has 1 aromatic rings. The second-order valence-electron chi connectivity index (χ2n) is 4.20. The lowest BCUT2D eigenvalue weighted by molar-refractivity contribution is -0.120. The molecule has 0 spiro atoms. The summed E-state index contributed by atoms with van der Waals surface area (Å²) < 4.78 is 0. The Morgan fingerprint density at radius 1 is 1.29 bits per heavy atom. The van der Waals surface area contributed by atoms with Crippen LogP contribution < -0.4 is 16.0 Å². The maximum absolute atomic E-state index is 11.4. The highest BCUT2D eigenvalue weighted by atomic mass is 16.1. The van der Waals surface area contributed by atoms with Crippen molar-refractivity contribution in [1.82, 2.24) is 5.32 Å². The van der Waals surface area contributed by atoms with Gasteiger partial charge in [-0.05, 0) is 24.1 Å². The van der Waals surface area contributed by atoms with Crippen LogP contribution in [0.2, 0.25) is 0 Å². The van der Waals surface area contributed by atoms with Crippen LogP contribution in [-0.2, 0) is 11.2 Å². The van der Waals surface area contributed by atoms with Gasteiger partial charge in [0.05, 0.1) is 0 Å². The molecule has 94 valence electrons. The first-order valence-corrected chi connectivity index (χ1v) is 5.86. The zero-order valence-corrected chi connectivity index (χ0v) is 10.6. The fourth-order valence-corrected chi connectivity index (χ4v) is 1.52. The molecular formula is C13H21N3O. The SMILES string of the molecule is CN(C)c1ccc(CCC(=O)NCCN)cc1. The second-order valence-corrected chi connectivity index (χ2v) is 4.20. The van der Waals surface area contributed by atoms with Crippen LogP contribution in [0.25, 0.3) is 0 Å². The lowest BCUT2D eigenvalue weighted by Gasteiger charge is -2.12. The minimum absolute atomic E-state index is 0.0622. The number of aryl methyl sites for hydroxylation is 1. The molecule has 0 aromatic heterocycles. The summed E-state index contributed by atoms with van der Waals surface area (Å²) in [5.41, 5.74) is 7.66. The Kier molecular flexibility index (Phi) is 5.49. The third-order valence-corrected chi connectivity index (χ3v) is 2.56. The Bertz CT molecular complexity index is 346. The van der Waals surface area contributed by atoms with Crippen molar-refractivity contribution in [2.75, 3.05) is 32.1 Å². The van der Waals surface area contributed by atoms with Crippen LogP contribution in [0.4, 0.5) is 5.69 Å². The van der Waals surface area contributed by atoms with E-state index in [0.717, 1.165) is 6.42 Å². The molecule has 1 amide bonds. The highest BCUT2D eigenvalue weighted by molar-refractivity contribution is 5.76. The lowest BCUT2D eigenvalue weighted by atomic mass is 10.1. The number of hydrogen-bond acceptors (Lipinski definition) is 3. The van der Waals surface area contributed by atoms with Gasteiger partial charge in [-0.15, -0.1) is 0 Å². The molecule has 3 N–H and O–H groups in total. The van der Waals surface area contributed by atoms with Gasteiger partial charge >= 0.3 is 0 Å². The summed E-state index contributed by atoms with van der Waals surface area (Å²) >= 11 is 0. The number of hydrogen-bond donors (Lipinski definition) is 2. The Morgan fingerprint density at radius 3 is 2.47 bits per heavy atom. The van der Waals surface area contributed by atoms with Crippen LogP contribution in [0.1, 0.15) is 12.0 Å². The van der Waals surface area contributed by atoms with Crippen molar-refractivity contribution in [3.8, 4) is 0 Å². The standard InChI is InChI=1S/C13H21N3O/c1-16(2)12-6-3-11(4-7-12)5-8-13(17)15-10-9-14/h3-4,6-7H,5,8-10,14H2,1-2H3,(H,15,17). The van der Waals surface area contributed by atoms with E-state index in [1.54, 1.807) is 0 Å². The van der Waals surface area contributed by atoms with Crippen LogP contribution >= 0.6 is 0 Å². The molecule has 0 unspecified atom stereocenters. The molecule has 0 radical (unpaired) electrons. The monoisotopic (exact) mass is 235 g/mol. The van der Waals surface area contributed by atoms with Gasteiger partial charge in [0.25, 0.3) is 0 Å². The molecule has 0 saturated carbocycles. The van der Waals surface area contributed by atoms with Gasteiger partial charge < -0.3 is 16.0 Å². The molecule has 0 aliphatic rings. The van der Waals surface area contributed by atoms with Crippen LogP contribution in [-0.4, -0.2) is 33.1 Å². The van der Waals surface area contributed by atoms with Crippen molar-refractivity contribution in [2.45, 2.75) is 12.8 Å². The van der Waals surface area contributed by atoms with Crippen molar-refractivity contribution >= 4 is 11.6 Å². The molecule has 0 aliphatic carbocycles. The molecular weight excluding hydrogens is 214 g/mol. The van der Waals surface area contributed by atoms with Gasteiger partial charge in [0.2, 0.25) is 5.91 Å². The Labute approximate surface area is 103 Å². The number of amides is 1. The average molecular weight is 235 g/mol. The number of nitrogens with one attached hydrogen (secondary N) is 1. The van der Waals surface area contributed by atoms with E-state index in [1.807, 2.05) is 14.1 Å². The molecule has 0 bridgehead atoms. The smallest absolute Gasteiger partial charge is 0.220 e. The fraction of sp³-hybridized carbons (Fsp3) is 0.462. The normalized spacial score (nSPS) is 10.1. The molecule has 0 aliphatic heterocycles. The summed E-state index contributed by atoms with van der Waals surface area (Å²) in [4.78, 5) is 13.4. The van der Waals surface area contributed by atoms with Crippen LogP contribution in [0.15, 0.2) is 24.3 Å². The molecule has 4 heteroatoms. The molecule has 4 nitrogen and oxygen atoms in total. The lowest BCUT2D eigenvalue weighted by Crippen LogP contribution is -2.29. The average Bonchev–Trinajstić information content (AvgIpc) is 2.34. The van der Waals surface area contributed by atoms with E-state index in [4.69, 9.17) is 5.73 Å². The summed E-state index contributed by atoms with van der Waals surface area (Å²) in [7, 11) is 4.02. The van der Waals surface area contributed by atoms with Gasteiger partial charge in [-0.1, -0.05) is 12.1 Å². The van der Waals surface area contributed by atoms with E-state index >= 15 is 0 Å². The van der Waals surface area contributed by atoms with Gasteiger partial charge in [-0.25, -0.2) is 0 Å². The highest BCUT2D eigenvalue weighted by Crippen LogP contribution is 2.13. The molecule has 1 aromatic carbocycles. The summed E-state index contributed by atoms with van der Waals surface area (Å²) in [5.74, 6) is 0.0622. The zero-order valence-electron chi connectivity index (χ0n) is 10.6. The van der Waals surface area contributed by atoms with Crippen molar-refractivity contribution < 1.29 is 4.79 Å². The molecule has 0 heterocycles. The van der Waals surface area contributed by atoms with Crippen LogP contribution in [0, 0.1) is 0 Å². The predicted molar refractivity (Wildman–Crippen MR) is 71.2 cm³/mol. The minimum atomic E-state index is 0.0622. The van der Waals surface area contributed by atoms with Gasteiger partial charge in [-0.2, -0.15) is 0 Å². The molecule has 17 heavy (non-hydrogen) atoms. The van der Waals surface area contributed by atoms with E-state index in [0.29, 0.717) is 19.5 Å². The number of nitrogens with zero attached hydrogens (tertiary/aromatic N) is 1. The second kappa shape index (κ2) is 6.91. The van der Waals surface area contributed by atoms with Crippen molar-refractivity contribution in [2.24, 2.45) is 5.73 Å². The van der Waals surface area contributed by atoms with E-state index in [9.17, 15) is 4.79 Å². The van der Waals surface area contributed by atoms with Gasteiger partial charge in [0.1, 0.15) is 0 Å². The Morgan fingerprint density at radius 2 is 1.94 bits per heavy atom. The first kappa shape index (κ1) is 13.5. The topological polar surface area (TPSA) is 58.4 Å². The van der Waals surface area contributed by atoms with Crippen molar-refractivity contribution in [1.29, 1.82) is 0 Å². The van der Waals surface area contributed by atoms with E-state index in [2.05, 4.69) is 34.5 Å². The third-order valence-electron chi connectivity index (χ3n) is 2.56. The first-order chi connectivity index (χ1) is 8.13. The largest absolute Gasteiger partial charge is 0.378 e. The van der Waals surface area contributed by atoms with Crippen molar-refractivity contribution in [3.05, 3.63) is 29.8 Å². The fourth-order valence-electron chi connectivity index (χ4n) is 1.52. The van der Waals surface area contributed by atoms with Crippen molar-refractivity contribution in [3.63, 3.8) is 0 Å². The number of carbonyl (C=O) groups excluding carboxylic acids is 1. The van der Waals surface area contributed by atoms with Gasteiger partial charge in [-0.3, -0.25) is 4.79 Å². The summed E-state index contributed by atoms with van der Waals surface area (Å²) in [6, 6.07) is 8.25. The number of carbonyl (C=O) groups is 1.